The molecule has 0 aromatic heterocycles. The maximum Gasteiger partial charge on any atom is 0.222 e. The van der Waals surface area contributed by atoms with Crippen molar-refractivity contribution in [3.63, 3.8) is 0 Å². The van der Waals surface area contributed by atoms with Crippen LogP contribution >= 0.6 is 12.4 Å². The lowest BCUT2D eigenvalue weighted by molar-refractivity contribution is -0.123. The fraction of sp³-hybridized carbons (Fsp3) is 0.632. The minimum absolute atomic E-state index is 0. The number of hydrogen-bond acceptors (Lipinski definition) is 3. The van der Waals surface area contributed by atoms with Gasteiger partial charge in [-0.1, -0.05) is 26.0 Å². The van der Waals surface area contributed by atoms with Gasteiger partial charge in [0.15, 0.2) is 0 Å². The van der Waals surface area contributed by atoms with E-state index in [9.17, 15) is 4.79 Å². The van der Waals surface area contributed by atoms with Crippen LogP contribution in [0, 0.1) is 5.92 Å². The summed E-state index contributed by atoms with van der Waals surface area (Å²) in [6.07, 6.45) is 2.81. The van der Waals surface area contributed by atoms with E-state index in [1.807, 2.05) is 38.1 Å². The standard InChI is InChI=1S/C19H30N2O2.ClH/c1-14(2)13-23-17-9-7-15(8-10-17)19(3,4)21-18(22)12-16-6-5-11-20-16;/h7-10,14,16,20H,5-6,11-13H2,1-4H3,(H,21,22);1H. The van der Waals surface area contributed by atoms with Gasteiger partial charge in [-0.05, 0) is 56.8 Å². The van der Waals surface area contributed by atoms with Crippen LogP contribution in [0.25, 0.3) is 0 Å². The van der Waals surface area contributed by atoms with Crippen LogP contribution in [-0.2, 0) is 10.3 Å². The SMILES string of the molecule is CC(C)COc1ccc(C(C)(C)NC(=O)CC2CCCN2)cc1.Cl. The fourth-order valence-corrected chi connectivity index (χ4v) is 2.86. The van der Waals surface area contributed by atoms with Gasteiger partial charge in [-0.3, -0.25) is 4.79 Å². The Balaban J connectivity index is 0.00000288. The van der Waals surface area contributed by atoms with Gasteiger partial charge in [0.1, 0.15) is 5.75 Å². The number of halogens is 1. The van der Waals surface area contributed by atoms with Crippen molar-refractivity contribution < 1.29 is 9.53 Å². The lowest BCUT2D eigenvalue weighted by Crippen LogP contribution is -2.43. The second-order valence-corrected chi connectivity index (χ2v) is 7.40. The van der Waals surface area contributed by atoms with Gasteiger partial charge in [0.05, 0.1) is 12.1 Å². The largest absolute Gasteiger partial charge is 0.493 e. The molecule has 5 heteroatoms. The maximum absolute atomic E-state index is 12.3. The first kappa shape index (κ1) is 20.8. The first-order valence-corrected chi connectivity index (χ1v) is 8.64. The Bertz CT molecular complexity index is 509. The third-order valence-corrected chi connectivity index (χ3v) is 4.21. The number of carbonyl (C=O) groups is 1. The highest BCUT2D eigenvalue weighted by atomic mass is 35.5. The summed E-state index contributed by atoms with van der Waals surface area (Å²) in [7, 11) is 0. The molecule has 1 fully saturated rings. The molecule has 1 unspecified atom stereocenters. The number of ether oxygens (including phenoxy) is 1. The van der Waals surface area contributed by atoms with Crippen LogP contribution in [0.1, 0.15) is 52.5 Å². The van der Waals surface area contributed by atoms with E-state index in [0.717, 1.165) is 24.3 Å². The van der Waals surface area contributed by atoms with E-state index in [1.54, 1.807) is 0 Å². The van der Waals surface area contributed by atoms with Crippen LogP contribution in [0.4, 0.5) is 0 Å². The molecule has 136 valence electrons. The summed E-state index contributed by atoms with van der Waals surface area (Å²) in [5.41, 5.74) is 0.703. The molecule has 1 saturated heterocycles. The molecule has 1 aromatic carbocycles. The van der Waals surface area contributed by atoms with Gasteiger partial charge in [-0.15, -0.1) is 12.4 Å². The van der Waals surface area contributed by atoms with E-state index in [0.29, 0.717) is 25.0 Å². The van der Waals surface area contributed by atoms with Gasteiger partial charge in [-0.2, -0.15) is 0 Å². The van der Waals surface area contributed by atoms with Crippen molar-refractivity contribution in [2.24, 2.45) is 5.92 Å². The van der Waals surface area contributed by atoms with E-state index >= 15 is 0 Å². The molecule has 24 heavy (non-hydrogen) atoms. The Morgan fingerprint density at radius 1 is 1.33 bits per heavy atom. The van der Waals surface area contributed by atoms with Crippen molar-refractivity contribution in [3.05, 3.63) is 29.8 Å². The fourth-order valence-electron chi connectivity index (χ4n) is 2.86. The lowest BCUT2D eigenvalue weighted by Gasteiger charge is -2.28. The summed E-state index contributed by atoms with van der Waals surface area (Å²) in [6.45, 7) is 10.1. The molecule has 1 atom stereocenters. The second-order valence-electron chi connectivity index (χ2n) is 7.40. The normalized spacial score (nSPS) is 17.5. The third-order valence-electron chi connectivity index (χ3n) is 4.21. The van der Waals surface area contributed by atoms with E-state index in [1.165, 1.54) is 6.42 Å². The quantitative estimate of drug-likeness (QED) is 0.786. The molecule has 1 aliphatic heterocycles. The number of nitrogens with one attached hydrogen (secondary N) is 2. The van der Waals surface area contributed by atoms with Crippen molar-refractivity contribution in [3.8, 4) is 5.75 Å². The first-order chi connectivity index (χ1) is 10.9. The minimum Gasteiger partial charge on any atom is -0.493 e. The highest BCUT2D eigenvalue weighted by molar-refractivity contribution is 5.85. The molecule has 0 saturated carbocycles. The monoisotopic (exact) mass is 354 g/mol. The Morgan fingerprint density at radius 3 is 2.54 bits per heavy atom. The smallest absolute Gasteiger partial charge is 0.222 e. The first-order valence-electron chi connectivity index (χ1n) is 8.64. The third kappa shape index (κ3) is 6.33. The van der Waals surface area contributed by atoms with Gasteiger partial charge in [-0.25, -0.2) is 0 Å². The van der Waals surface area contributed by atoms with Crippen LogP contribution < -0.4 is 15.4 Å². The Hall–Kier alpha value is -1.26. The molecule has 1 aliphatic rings. The van der Waals surface area contributed by atoms with Crippen LogP contribution in [0.2, 0.25) is 0 Å². The minimum atomic E-state index is -0.383. The van der Waals surface area contributed by atoms with E-state index in [4.69, 9.17) is 4.74 Å². The molecule has 1 amide bonds. The Labute approximate surface area is 152 Å². The molecule has 1 aromatic rings. The summed E-state index contributed by atoms with van der Waals surface area (Å²) >= 11 is 0. The molecule has 0 bridgehead atoms. The molecule has 2 N–H and O–H groups in total. The van der Waals surface area contributed by atoms with Crippen molar-refractivity contribution in [1.29, 1.82) is 0 Å². The van der Waals surface area contributed by atoms with Crippen LogP contribution in [-0.4, -0.2) is 25.1 Å². The number of amides is 1. The van der Waals surface area contributed by atoms with Gasteiger partial charge in [0, 0.05) is 12.5 Å². The molecular weight excluding hydrogens is 324 g/mol. The molecule has 0 radical (unpaired) electrons. The zero-order valence-electron chi connectivity index (χ0n) is 15.2. The molecular formula is C19H31ClN2O2. The average Bonchev–Trinajstić information content (AvgIpc) is 2.97. The second kappa shape index (κ2) is 9.28. The molecule has 0 spiro atoms. The maximum atomic E-state index is 12.3. The zero-order valence-corrected chi connectivity index (χ0v) is 16.0. The van der Waals surface area contributed by atoms with Crippen molar-refractivity contribution in [1.82, 2.24) is 10.6 Å². The van der Waals surface area contributed by atoms with Crippen molar-refractivity contribution >= 4 is 18.3 Å². The predicted octanol–water partition coefficient (Wildman–Crippen LogP) is 3.64. The average molecular weight is 355 g/mol. The highest BCUT2D eigenvalue weighted by Crippen LogP contribution is 2.23. The van der Waals surface area contributed by atoms with Crippen LogP contribution in [0.3, 0.4) is 0 Å². The number of rotatable bonds is 7. The van der Waals surface area contributed by atoms with E-state index in [-0.39, 0.29) is 23.9 Å². The molecule has 1 heterocycles. The lowest BCUT2D eigenvalue weighted by atomic mass is 9.93. The topological polar surface area (TPSA) is 50.4 Å². The molecule has 0 aliphatic carbocycles. The van der Waals surface area contributed by atoms with E-state index in [2.05, 4.69) is 24.5 Å². The summed E-state index contributed by atoms with van der Waals surface area (Å²) in [5.74, 6) is 1.49. The van der Waals surface area contributed by atoms with E-state index < -0.39 is 0 Å². The number of benzene rings is 1. The highest BCUT2D eigenvalue weighted by Gasteiger charge is 2.25. The Morgan fingerprint density at radius 2 is 2.00 bits per heavy atom. The predicted molar refractivity (Wildman–Crippen MR) is 101 cm³/mol. The number of hydrogen-bond donors (Lipinski definition) is 2. The van der Waals surface area contributed by atoms with Gasteiger partial charge in [0.2, 0.25) is 5.91 Å². The zero-order chi connectivity index (χ0) is 16.9. The van der Waals surface area contributed by atoms with Crippen LogP contribution in [0.15, 0.2) is 24.3 Å². The number of carbonyl (C=O) groups excluding carboxylic acids is 1. The summed E-state index contributed by atoms with van der Waals surface area (Å²) in [6, 6.07) is 8.35. The Kier molecular flexibility index (Phi) is 8.04. The summed E-state index contributed by atoms with van der Waals surface area (Å²) in [5, 5.41) is 6.52. The van der Waals surface area contributed by atoms with Crippen LogP contribution in [0.5, 0.6) is 5.75 Å². The van der Waals surface area contributed by atoms with Gasteiger partial charge in [0.25, 0.3) is 0 Å². The van der Waals surface area contributed by atoms with Gasteiger partial charge < -0.3 is 15.4 Å². The molecule has 4 nitrogen and oxygen atoms in total. The summed E-state index contributed by atoms with van der Waals surface area (Å²) < 4.78 is 5.71. The molecule has 2 rings (SSSR count). The van der Waals surface area contributed by atoms with Crippen molar-refractivity contribution in [2.75, 3.05) is 13.2 Å². The summed E-state index contributed by atoms with van der Waals surface area (Å²) in [4.78, 5) is 12.3. The van der Waals surface area contributed by atoms with Gasteiger partial charge >= 0.3 is 0 Å². The van der Waals surface area contributed by atoms with Crippen molar-refractivity contribution in [2.45, 2.75) is 58.5 Å².